The van der Waals surface area contributed by atoms with Crippen LogP contribution < -0.4 is 0 Å². The molecule has 0 radical (unpaired) electrons. The zero-order chi connectivity index (χ0) is 7.23. The molecule has 0 aliphatic rings. The summed E-state index contributed by atoms with van der Waals surface area (Å²) >= 11 is -0.721. The topological polar surface area (TPSA) is 12.9 Å². The van der Waals surface area contributed by atoms with Gasteiger partial charge in [-0.2, -0.15) is 0 Å². The van der Waals surface area contributed by atoms with Crippen molar-refractivity contribution in [3.05, 3.63) is 30.1 Å². The number of hydrogen-bond donors (Lipinski definition) is 0. The van der Waals surface area contributed by atoms with Crippen LogP contribution in [0.1, 0.15) is 5.56 Å². The number of aromatic nitrogens is 1. The molecule has 0 amide bonds. The average Bonchev–Trinajstić information content (AvgIpc) is 2.03. The van der Waals surface area contributed by atoms with Gasteiger partial charge < -0.3 is 0 Å². The van der Waals surface area contributed by atoms with Crippen LogP contribution in [0.15, 0.2) is 24.5 Å². The van der Waals surface area contributed by atoms with Gasteiger partial charge in [0.2, 0.25) is 0 Å². The second-order valence-electron chi connectivity index (χ2n) is 1.89. The molecule has 0 saturated carbocycles. The molecular formula is C8H7HgN. The quantitative estimate of drug-likeness (QED) is 0.522. The molecular weight excluding hydrogens is 311 g/mol. The fraction of sp³-hybridized carbons (Fsp3) is 0.125. The van der Waals surface area contributed by atoms with Crippen LogP contribution >= 0.6 is 0 Å². The molecule has 0 atom stereocenters. The van der Waals surface area contributed by atoms with Crippen molar-refractivity contribution in [3.63, 3.8) is 0 Å². The summed E-state index contributed by atoms with van der Waals surface area (Å²) < 4.78 is 5.47. The monoisotopic (exact) mass is 319 g/mol. The van der Waals surface area contributed by atoms with Crippen molar-refractivity contribution in [2.45, 2.75) is 4.43 Å². The van der Waals surface area contributed by atoms with E-state index in [2.05, 4.69) is 18.8 Å². The van der Waals surface area contributed by atoms with E-state index in [-0.39, 0.29) is 0 Å². The van der Waals surface area contributed by atoms with Crippen molar-refractivity contribution in [1.82, 2.24) is 4.98 Å². The Morgan fingerprint density at radius 2 is 2.10 bits per heavy atom. The van der Waals surface area contributed by atoms with Gasteiger partial charge in [0.1, 0.15) is 0 Å². The molecule has 1 nitrogen and oxygen atoms in total. The van der Waals surface area contributed by atoms with Crippen molar-refractivity contribution in [2.24, 2.45) is 0 Å². The summed E-state index contributed by atoms with van der Waals surface area (Å²) in [6.07, 6.45) is 3.55. The van der Waals surface area contributed by atoms with Gasteiger partial charge in [0.25, 0.3) is 0 Å². The molecule has 1 aromatic heterocycles. The van der Waals surface area contributed by atoms with Crippen LogP contribution in [0.5, 0.6) is 0 Å². The summed E-state index contributed by atoms with van der Waals surface area (Å²) in [6.45, 7) is 0. The molecule has 0 N–H and O–H groups in total. The first-order valence-corrected chi connectivity index (χ1v) is 11.6. The Bertz CT molecular complexity index is 245. The number of nitrogens with zero attached hydrogens (tertiary/aromatic N) is 1. The molecule has 1 rings (SSSR count). The minimum absolute atomic E-state index is 0.721. The zero-order valence-electron chi connectivity index (χ0n) is 5.96. The Balaban J connectivity index is 2.76. The molecule has 46 valence electrons. The third kappa shape index (κ3) is 2.49. The van der Waals surface area contributed by atoms with Crippen LogP contribution in [-0.2, 0) is 24.6 Å². The fourth-order valence-corrected chi connectivity index (χ4v) is 2.11. The maximum atomic E-state index is 3.90. The molecule has 0 aliphatic carbocycles. The Morgan fingerprint density at radius 1 is 1.40 bits per heavy atom. The van der Waals surface area contributed by atoms with E-state index in [4.69, 9.17) is 0 Å². The summed E-state index contributed by atoms with van der Waals surface area (Å²) in [6, 6.07) is 3.88. The van der Waals surface area contributed by atoms with Gasteiger partial charge >= 0.3 is 73.4 Å². The summed E-state index contributed by atoms with van der Waals surface area (Å²) in [4.78, 5) is 3.90. The van der Waals surface area contributed by atoms with Crippen LogP contribution in [0.4, 0.5) is 0 Å². The second kappa shape index (κ2) is 4.46. The second-order valence-corrected chi connectivity index (χ2v) is 6.01. The summed E-state index contributed by atoms with van der Waals surface area (Å²) in [5.41, 5.74) is 1.09. The summed E-state index contributed by atoms with van der Waals surface area (Å²) in [5, 5.41) is 0. The van der Waals surface area contributed by atoms with E-state index in [0.29, 0.717) is 0 Å². The number of pyridine rings is 1. The van der Waals surface area contributed by atoms with E-state index in [0.717, 1.165) is 5.56 Å². The Kier molecular flexibility index (Phi) is 3.46. The predicted octanol–water partition coefficient (Wildman–Crippen LogP) is 1.52. The first-order valence-electron chi connectivity index (χ1n) is 3.32. The molecule has 2 heteroatoms. The molecule has 10 heavy (non-hydrogen) atoms. The van der Waals surface area contributed by atoms with Gasteiger partial charge in [0.05, 0.1) is 0 Å². The molecule has 0 unspecified atom stereocenters. The Hall–Kier alpha value is -0.355. The van der Waals surface area contributed by atoms with Crippen LogP contribution in [-0.4, -0.2) is 4.98 Å². The molecule has 1 aromatic rings. The average molecular weight is 318 g/mol. The maximum absolute atomic E-state index is 3.90. The normalized spacial score (nSPS) is 7.30. The van der Waals surface area contributed by atoms with E-state index >= 15 is 0 Å². The third-order valence-electron chi connectivity index (χ3n) is 1.09. The third-order valence-corrected chi connectivity index (χ3v) is 3.15. The van der Waals surface area contributed by atoms with Crippen LogP contribution in [0.2, 0.25) is 4.43 Å². The van der Waals surface area contributed by atoms with Gasteiger partial charge in [0.15, 0.2) is 0 Å². The van der Waals surface area contributed by atoms with E-state index in [1.165, 1.54) is 0 Å². The van der Waals surface area contributed by atoms with E-state index in [1.807, 2.05) is 12.1 Å². The zero-order valence-corrected chi connectivity index (χ0v) is 11.5. The van der Waals surface area contributed by atoms with E-state index < -0.39 is 24.6 Å². The number of hydrogen-bond acceptors (Lipinski definition) is 1. The molecule has 0 spiro atoms. The van der Waals surface area contributed by atoms with Crippen LogP contribution in [0.3, 0.4) is 0 Å². The molecule has 0 fully saturated rings. The molecule has 0 aromatic carbocycles. The number of rotatable bonds is 0. The van der Waals surface area contributed by atoms with Crippen molar-refractivity contribution in [2.75, 3.05) is 0 Å². The van der Waals surface area contributed by atoms with Gasteiger partial charge in [-0.15, -0.1) is 0 Å². The van der Waals surface area contributed by atoms with Crippen LogP contribution in [0.25, 0.3) is 0 Å². The molecule has 1 heterocycles. The van der Waals surface area contributed by atoms with Crippen molar-refractivity contribution < 1.29 is 24.6 Å². The van der Waals surface area contributed by atoms with E-state index in [9.17, 15) is 0 Å². The molecule has 0 aliphatic heterocycles. The van der Waals surface area contributed by atoms with Crippen molar-refractivity contribution in [1.29, 1.82) is 0 Å². The predicted molar refractivity (Wildman–Crippen MR) is 37.0 cm³/mol. The van der Waals surface area contributed by atoms with Gasteiger partial charge in [-0.1, -0.05) is 0 Å². The Morgan fingerprint density at radius 3 is 2.70 bits per heavy atom. The fourth-order valence-electron chi connectivity index (χ4n) is 0.626. The first kappa shape index (κ1) is 7.75. The van der Waals surface area contributed by atoms with Gasteiger partial charge in [-0.3, -0.25) is 0 Å². The molecule has 0 bridgehead atoms. The van der Waals surface area contributed by atoms with Crippen molar-refractivity contribution >= 4 is 0 Å². The summed E-state index contributed by atoms with van der Waals surface area (Å²) in [5.74, 6) is 3.10. The SMILES string of the molecule is [CH3][Hg][C]#Cc1ccncc1. The van der Waals surface area contributed by atoms with Gasteiger partial charge in [0, 0.05) is 0 Å². The van der Waals surface area contributed by atoms with Crippen molar-refractivity contribution in [3.8, 4) is 9.35 Å². The van der Waals surface area contributed by atoms with Gasteiger partial charge in [-0.25, -0.2) is 0 Å². The summed E-state index contributed by atoms with van der Waals surface area (Å²) in [7, 11) is 0. The van der Waals surface area contributed by atoms with Crippen LogP contribution in [0, 0.1) is 9.35 Å². The van der Waals surface area contributed by atoms with E-state index in [1.54, 1.807) is 12.4 Å². The Labute approximate surface area is 73.3 Å². The first-order chi connectivity index (χ1) is 4.93. The minimum atomic E-state index is -0.721. The van der Waals surface area contributed by atoms with Gasteiger partial charge in [-0.05, 0) is 0 Å². The standard InChI is InChI=1S/C7H4N.CH3.Hg/c1-2-7-3-5-8-6-4-7;;/h3-6H;1H3;. The molecule has 0 saturated heterocycles.